The molecule has 1 aromatic carbocycles. The maximum absolute atomic E-state index is 12.2. The largest absolute Gasteiger partial charge is 0.341 e. The molecule has 1 amide bonds. The number of para-hydroxylation sites is 1. The lowest BCUT2D eigenvalue weighted by Crippen LogP contribution is -2.27. The van der Waals surface area contributed by atoms with Gasteiger partial charge in [-0.1, -0.05) is 30.4 Å². The van der Waals surface area contributed by atoms with Crippen molar-refractivity contribution in [2.24, 2.45) is 5.92 Å². The standard InChI is InChI=1S/C18H21N3O/c1-20(18(22)11-15-7-5-6-8-15)13-16-12-19-21(14-16)17-9-3-2-4-10-17/h2-5,7,9-10,12,14-15H,6,8,11,13H2,1H3/t15-/m1/s1. The van der Waals surface area contributed by atoms with E-state index in [1.54, 1.807) is 4.90 Å². The Morgan fingerprint density at radius 1 is 1.36 bits per heavy atom. The third-order valence-electron chi connectivity index (χ3n) is 4.05. The van der Waals surface area contributed by atoms with Gasteiger partial charge in [-0.2, -0.15) is 5.10 Å². The first-order chi connectivity index (χ1) is 10.7. The molecule has 0 saturated heterocycles. The molecule has 0 radical (unpaired) electrons. The normalized spacial score (nSPS) is 16.9. The minimum atomic E-state index is 0.198. The summed E-state index contributed by atoms with van der Waals surface area (Å²) < 4.78 is 1.84. The lowest BCUT2D eigenvalue weighted by atomic mass is 10.0. The van der Waals surface area contributed by atoms with Crippen molar-refractivity contribution in [3.63, 3.8) is 0 Å². The summed E-state index contributed by atoms with van der Waals surface area (Å²) in [4.78, 5) is 14.0. The van der Waals surface area contributed by atoms with Gasteiger partial charge in [0.1, 0.15) is 0 Å². The van der Waals surface area contributed by atoms with Crippen LogP contribution in [0, 0.1) is 5.92 Å². The van der Waals surface area contributed by atoms with E-state index < -0.39 is 0 Å². The molecule has 0 aliphatic heterocycles. The van der Waals surface area contributed by atoms with E-state index in [9.17, 15) is 4.79 Å². The molecular formula is C18H21N3O. The maximum Gasteiger partial charge on any atom is 0.223 e. The summed E-state index contributed by atoms with van der Waals surface area (Å²) in [5.41, 5.74) is 2.07. The summed E-state index contributed by atoms with van der Waals surface area (Å²) in [5, 5.41) is 4.37. The Bertz CT molecular complexity index is 660. The van der Waals surface area contributed by atoms with Crippen molar-refractivity contribution in [1.82, 2.24) is 14.7 Å². The highest BCUT2D eigenvalue weighted by Gasteiger charge is 2.17. The number of nitrogens with zero attached hydrogens (tertiary/aromatic N) is 3. The summed E-state index contributed by atoms with van der Waals surface area (Å²) in [5.74, 6) is 0.617. The number of carbonyl (C=O) groups excluding carboxylic acids is 1. The average molecular weight is 295 g/mol. The third-order valence-corrected chi connectivity index (χ3v) is 4.05. The molecular weight excluding hydrogens is 274 g/mol. The predicted molar refractivity (Wildman–Crippen MR) is 86.5 cm³/mol. The van der Waals surface area contributed by atoms with Gasteiger partial charge in [-0.3, -0.25) is 4.79 Å². The van der Waals surface area contributed by atoms with Crippen molar-refractivity contribution < 1.29 is 4.79 Å². The van der Waals surface area contributed by atoms with E-state index in [1.165, 1.54) is 0 Å². The van der Waals surface area contributed by atoms with Gasteiger partial charge in [0.05, 0.1) is 11.9 Å². The molecule has 1 aliphatic rings. The summed E-state index contributed by atoms with van der Waals surface area (Å²) in [6, 6.07) is 9.98. The fourth-order valence-corrected chi connectivity index (χ4v) is 2.77. The number of allylic oxidation sites excluding steroid dienone is 2. The van der Waals surface area contributed by atoms with Gasteiger partial charge in [-0.25, -0.2) is 4.68 Å². The molecule has 22 heavy (non-hydrogen) atoms. The minimum Gasteiger partial charge on any atom is -0.341 e. The molecule has 3 rings (SSSR count). The van der Waals surface area contributed by atoms with Gasteiger partial charge in [-0.05, 0) is 30.9 Å². The summed E-state index contributed by atoms with van der Waals surface area (Å²) in [6.07, 6.45) is 11.0. The third kappa shape index (κ3) is 3.45. The highest BCUT2D eigenvalue weighted by atomic mass is 16.2. The van der Waals surface area contributed by atoms with Crippen molar-refractivity contribution in [3.8, 4) is 5.69 Å². The van der Waals surface area contributed by atoms with E-state index in [2.05, 4.69) is 17.3 Å². The lowest BCUT2D eigenvalue weighted by Gasteiger charge is -2.18. The SMILES string of the molecule is CN(Cc1cnn(-c2ccccc2)c1)C(=O)C[C@@H]1C=CCC1. The molecule has 0 spiro atoms. The molecule has 4 nitrogen and oxygen atoms in total. The highest BCUT2D eigenvalue weighted by molar-refractivity contribution is 5.76. The van der Waals surface area contributed by atoms with E-state index in [-0.39, 0.29) is 5.91 Å². The number of hydrogen-bond acceptors (Lipinski definition) is 2. The molecule has 0 N–H and O–H groups in total. The average Bonchev–Trinajstić information content (AvgIpc) is 3.20. The Balaban J connectivity index is 1.59. The van der Waals surface area contributed by atoms with Crippen LogP contribution in [0.25, 0.3) is 5.69 Å². The fraction of sp³-hybridized carbons (Fsp3) is 0.333. The van der Waals surface area contributed by atoms with E-state index in [4.69, 9.17) is 0 Å². The van der Waals surface area contributed by atoms with Crippen LogP contribution in [0.3, 0.4) is 0 Å². The van der Waals surface area contributed by atoms with Crippen LogP contribution >= 0.6 is 0 Å². The number of rotatable bonds is 5. The topological polar surface area (TPSA) is 38.1 Å². The van der Waals surface area contributed by atoms with Crippen LogP contribution in [0.1, 0.15) is 24.8 Å². The fourth-order valence-electron chi connectivity index (χ4n) is 2.77. The van der Waals surface area contributed by atoms with Gasteiger partial charge >= 0.3 is 0 Å². The first kappa shape index (κ1) is 14.6. The second-order valence-corrected chi connectivity index (χ2v) is 5.85. The van der Waals surface area contributed by atoms with E-state index >= 15 is 0 Å². The van der Waals surface area contributed by atoms with Gasteiger partial charge in [-0.15, -0.1) is 0 Å². The van der Waals surface area contributed by atoms with Gasteiger partial charge in [0.25, 0.3) is 0 Å². The summed E-state index contributed by atoms with van der Waals surface area (Å²) in [6.45, 7) is 0.599. The number of carbonyl (C=O) groups is 1. The van der Waals surface area contributed by atoms with Crippen LogP contribution in [-0.2, 0) is 11.3 Å². The molecule has 1 aliphatic carbocycles. The molecule has 0 fully saturated rings. The van der Waals surface area contributed by atoms with Crippen LogP contribution in [0.2, 0.25) is 0 Å². The Kier molecular flexibility index (Phi) is 4.37. The van der Waals surface area contributed by atoms with Crippen LogP contribution < -0.4 is 0 Å². The van der Waals surface area contributed by atoms with Crippen LogP contribution in [0.5, 0.6) is 0 Å². The quantitative estimate of drug-likeness (QED) is 0.795. The number of aromatic nitrogens is 2. The molecule has 4 heteroatoms. The minimum absolute atomic E-state index is 0.198. The number of hydrogen-bond donors (Lipinski definition) is 0. The first-order valence-corrected chi connectivity index (χ1v) is 7.72. The molecule has 2 aromatic rings. The van der Waals surface area contributed by atoms with Crippen molar-refractivity contribution in [2.45, 2.75) is 25.8 Å². The smallest absolute Gasteiger partial charge is 0.223 e. The van der Waals surface area contributed by atoms with E-state index in [0.717, 1.165) is 24.1 Å². The Morgan fingerprint density at radius 3 is 2.91 bits per heavy atom. The Morgan fingerprint density at radius 2 is 2.18 bits per heavy atom. The van der Waals surface area contributed by atoms with Gasteiger partial charge in [0.2, 0.25) is 5.91 Å². The number of amides is 1. The van der Waals surface area contributed by atoms with Gasteiger partial charge < -0.3 is 4.90 Å². The molecule has 1 aromatic heterocycles. The zero-order valence-electron chi connectivity index (χ0n) is 12.9. The second kappa shape index (κ2) is 6.60. The zero-order valence-corrected chi connectivity index (χ0v) is 12.9. The Hall–Kier alpha value is -2.36. The van der Waals surface area contributed by atoms with Crippen molar-refractivity contribution >= 4 is 5.91 Å². The van der Waals surface area contributed by atoms with E-state index in [1.807, 2.05) is 54.5 Å². The zero-order chi connectivity index (χ0) is 15.4. The maximum atomic E-state index is 12.2. The van der Waals surface area contributed by atoms with Crippen LogP contribution in [-0.4, -0.2) is 27.6 Å². The second-order valence-electron chi connectivity index (χ2n) is 5.85. The summed E-state index contributed by atoms with van der Waals surface area (Å²) >= 11 is 0. The lowest BCUT2D eigenvalue weighted by molar-refractivity contribution is -0.131. The molecule has 0 bridgehead atoms. The van der Waals surface area contributed by atoms with E-state index in [0.29, 0.717) is 18.9 Å². The highest BCUT2D eigenvalue weighted by Crippen LogP contribution is 2.21. The van der Waals surface area contributed by atoms with Gasteiger partial charge in [0, 0.05) is 31.8 Å². The molecule has 1 heterocycles. The Labute approximate surface area is 131 Å². The summed E-state index contributed by atoms with van der Waals surface area (Å²) in [7, 11) is 1.86. The molecule has 0 saturated carbocycles. The van der Waals surface area contributed by atoms with Crippen molar-refractivity contribution in [2.75, 3.05) is 7.05 Å². The first-order valence-electron chi connectivity index (χ1n) is 7.72. The monoisotopic (exact) mass is 295 g/mol. The molecule has 1 atom stereocenters. The van der Waals surface area contributed by atoms with Crippen LogP contribution in [0.15, 0.2) is 54.9 Å². The van der Waals surface area contributed by atoms with Crippen molar-refractivity contribution in [3.05, 3.63) is 60.4 Å². The molecule has 114 valence electrons. The van der Waals surface area contributed by atoms with Crippen LogP contribution in [0.4, 0.5) is 0 Å². The number of benzene rings is 1. The van der Waals surface area contributed by atoms with Crippen molar-refractivity contribution in [1.29, 1.82) is 0 Å². The predicted octanol–water partition coefficient (Wildman–Crippen LogP) is 3.19. The molecule has 0 unspecified atom stereocenters. The van der Waals surface area contributed by atoms with Gasteiger partial charge in [0.15, 0.2) is 0 Å².